The summed E-state index contributed by atoms with van der Waals surface area (Å²) in [6.07, 6.45) is 5.54. The van der Waals surface area contributed by atoms with Crippen molar-refractivity contribution in [3.8, 4) is 11.1 Å². The maximum atomic E-state index is 13.7. The van der Waals surface area contributed by atoms with E-state index in [-0.39, 0.29) is 11.3 Å². The summed E-state index contributed by atoms with van der Waals surface area (Å²) in [5, 5.41) is 6.24. The Morgan fingerprint density at radius 3 is 2.46 bits per heavy atom. The second-order valence-corrected chi connectivity index (χ2v) is 10.0. The molecule has 0 radical (unpaired) electrons. The zero-order chi connectivity index (χ0) is 26.2. The van der Waals surface area contributed by atoms with Crippen molar-refractivity contribution < 1.29 is 9.18 Å². The van der Waals surface area contributed by atoms with Crippen LogP contribution in [0.4, 0.5) is 21.6 Å². The molecule has 2 aromatic carbocycles. The molecule has 0 aliphatic heterocycles. The normalized spacial score (nSPS) is 11.5. The molecule has 6 nitrogen and oxygen atoms in total. The quantitative estimate of drug-likeness (QED) is 0.255. The number of fused-ring (bicyclic) bond motifs is 1. The van der Waals surface area contributed by atoms with Gasteiger partial charge in [0.05, 0.1) is 5.69 Å². The number of hydrogen-bond acceptors (Lipinski definition) is 4. The van der Waals surface area contributed by atoms with Gasteiger partial charge in [-0.15, -0.1) is 0 Å². The first-order valence-electron chi connectivity index (χ1n) is 12.1. The molecular formula is C30H28FN5O. The number of anilines is 3. The molecule has 37 heavy (non-hydrogen) atoms. The van der Waals surface area contributed by atoms with Crippen LogP contribution >= 0.6 is 0 Å². The van der Waals surface area contributed by atoms with Gasteiger partial charge in [-0.05, 0) is 65.4 Å². The summed E-state index contributed by atoms with van der Waals surface area (Å²) in [5.41, 5.74) is 6.70. The van der Waals surface area contributed by atoms with Gasteiger partial charge in [-0.1, -0.05) is 51.1 Å². The molecule has 5 rings (SSSR count). The molecule has 186 valence electrons. The van der Waals surface area contributed by atoms with Crippen LogP contribution < -0.4 is 10.6 Å². The summed E-state index contributed by atoms with van der Waals surface area (Å²) in [5.74, 6) is -0.338. The average molecular weight is 494 g/mol. The molecule has 0 saturated heterocycles. The van der Waals surface area contributed by atoms with Gasteiger partial charge in [-0.2, -0.15) is 4.39 Å². The first kappa shape index (κ1) is 24.2. The molecule has 0 bridgehead atoms. The third kappa shape index (κ3) is 5.07. The molecule has 3 heterocycles. The molecule has 0 atom stereocenters. The Labute approximate surface area is 215 Å². The number of halogens is 1. The minimum Gasteiger partial charge on any atom is -0.337 e. The summed E-state index contributed by atoms with van der Waals surface area (Å²) < 4.78 is 15.6. The fourth-order valence-electron chi connectivity index (χ4n) is 4.29. The zero-order valence-corrected chi connectivity index (χ0v) is 21.2. The minimum absolute atomic E-state index is 0.0225. The summed E-state index contributed by atoms with van der Waals surface area (Å²) in [4.78, 5) is 21.4. The summed E-state index contributed by atoms with van der Waals surface area (Å²) in [7, 11) is 0. The lowest BCUT2D eigenvalue weighted by Crippen LogP contribution is -2.15. The molecule has 0 spiro atoms. The van der Waals surface area contributed by atoms with E-state index in [1.165, 1.54) is 11.6 Å². The predicted molar refractivity (Wildman–Crippen MR) is 146 cm³/mol. The van der Waals surface area contributed by atoms with Crippen molar-refractivity contribution in [3.05, 3.63) is 108 Å². The number of nitrogens with zero attached hydrogens (tertiary/aromatic N) is 3. The van der Waals surface area contributed by atoms with Crippen LogP contribution in [0.15, 0.2) is 85.3 Å². The highest BCUT2D eigenvalue weighted by atomic mass is 19.1. The Morgan fingerprint density at radius 2 is 1.73 bits per heavy atom. The second-order valence-electron chi connectivity index (χ2n) is 10.0. The van der Waals surface area contributed by atoms with Gasteiger partial charge >= 0.3 is 0 Å². The van der Waals surface area contributed by atoms with Crippen molar-refractivity contribution in [1.29, 1.82) is 0 Å². The van der Waals surface area contributed by atoms with Gasteiger partial charge in [0.2, 0.25) is 5.95 Å². The molecule has 0 aliphatic rings. The average Bonchev–Trinajstić information content (AvgIpc) is 3.34. The molecule has 2 N–H and O–H groups in total. The van der Waals surface area contributed by atoms with Crippen molar-refractivity contribution in [2.75, 3.05) is 10.6 Å². The molecule has 0 unspecified atom stereocenters. The molecule has 0 aliphatic carbocycles. The van der Waals surface area contributed by atoms with E-state index in [1.54, 1.807) is 18.3 Å². The van der Waals surface area contributed by atoms with E-state index in [0.29, 0.717) is 22.7 Å². The van der Waals surface area contributed by atoms with Crippen LogP contribution in [0.3, 0.4) is 0 Å². The number of imidazole rings is 1. The Hall–Kier alpha value is -4.52. The van der Waals surface area contributed by atoms with E-state index in [1.807, 2.05) is 72.2 Å². The number of carbonyl (C=O) groups is 1. The van der Waals surface area contributed by atoms with Crippen LogP contribution in [-0.2, 0) is 5.41 Å². The lowest BCUT2D eigenvalue weighted by atomic mass is 9.86. The van der Waals surface area contributed by atoms with Gasteiger partial charge < -0.3 is 15.0 Å². The van der Waals surface area contributed by atoms with Crippen molar-refractivity contribution >= 4 is 28.7 Å². The van der Waals surface area contributed by atoms with Gasteiger partial charge in [0.1, 0.15) is 5.82 Å². The minimum atomic E-state index is -0.562. The number of nitrogens with one attached hydrogen (secondary N) is 2. The second kappa shape index (κ2) is 9.50. The van der Waals surface area contributed by atoms with Gasteiger partial charge in [0.15, 0.2) is 5.65 Å². The largest absolute Gasteiger partial charge is 0.337 e. The number of benzene rings is 2. The molecule has 3 aromatic heterocycles. The standard InChI is InChI=1S/C30H28FN5O/c1-19-23(7-5-8-24(19)34-29(37)20-11-13-22(14-12-20)30(2,3)4)21-17-25(28-32-15-16-36(28)18-21)33-27-10-6-9-26(31)35-27/h5-18H,1-4H3,(H,33,35)(H,34,37). The molecule has 5 aromatic rings. The van der Waals surface area contributed by atoms with Crippen LogP contribution in [-0.4, -0.2) is 20.3 Å². The first-order chi connectivity index (χ1) is 17.7. The molecule has 1 amide bonds. The van der Waals surface area contributed by atoms with Crippen LogP contribution in [0.1, 0.15) is 42.3 Å². The topological polar surface area (TPSA) is 71.3 Å². The Morgan fingerprint density at radius 1 is 0.973 bits per heavy atom. The van der Waals surface area contributed by atoms with Crippen molar-refractivity contribution in [1.82, 2.24) is 14.4 Å². The smallest absolute Gasteiger partial charge is 0.255 e. The number of amides is 1. The number of hydrogen-bond donors (Lipinski definition) is 2. The SMILES string of the molecule is Cc1c(NC(=O)c2ccc(C(C)(C)C)cc2)cccc1-c1cc(Nc2cccc(F)n2)c2nccn2c1. The van der Waals surface area contributed by atoms with E-state index in [2.05, 4.69) is 41.4 Å². The van der Waals surface area contributed by atoms with Crippen molar-refractivity contribution in [2.24, 2.45) is 0 Å². The molecule has 0 fully saturated rings. The Bertz CT molecular complexity index is 1600. The molecule has 7 heteroatoms. The number of rotatable bonds is 5. The van der Waals surface area contributed by atoms with E-state index in [9.17, 15) is 9.18 Å². The fourth-order valence-corrected chi connectivity index (χ4v) is 4.29. The highest BCUT2D eigenvalue weighted by Crippen LogP contribution is 2.33. The van der Waals surface area contributed by atoms with Crippen LogP contribution in [0, 0.1) is 12.9 Å². The van der Waals surface area contributed by atoms with E-state index < -0.39 is 5.95 Å². The van der Waals surface area contributed by atoms with Crippen molar-refractivity contribution in [2.45, 2.75) is 33.1 Å². The lowest BCUT2D eigenvalue weighted by molar-refractivity contribution is 0.102. The van der Waals surface area contributed by atoms with Crippen LogP contribution in [0.2, 0.25) is 0 Å². The highest BCUT2D eigenvalue weighted by Gasteiger charge is 2.16. The number of aromatic nitrogens is 3. The summed E-state index contributed by atoms with van der Waals surface area (Å²) >= 11 is 0. The number of carbonyl (C=O) groups excluding carboxylic acids is 1. The third-order valence-electron chi connectivity index (χ3n) is 6.37. The maximum Gasteiger partial charge on any atom is 0.255 e. The van der Waals surface area contributed by atoms with E-state index >= 15 is 0 Å². The lowest BCUT2D eigenvalue weighted by Gasteiger charge is -2.19. The Balaban J connectivity index is 1.46. The Kier molecular flexibility index (Phi) is 6.21. The first-order valence-corrected chi connectivity index (χ1v) is 12.1. The summed E-state index contributed by atoms with van der Waals surface area (Å²) in [6.45, 7) is 8.42. The summed E-state index contributed by atoms with van der Waals surface area (Å²) in [6, 6.07) is 20.1. The third-order valence-corrected chi connectivity index (χ3v) is 6.37. The zero-order valence-electron chi connectivity index (χ0n) is 21.2. The number of pyridine rings is 2. The van der Waals surface area contributed by atoms with E-state index in [0.717, 1.165) is 22.4 Å². The van der Waals surface area contributed by atoms with Gasteiger partial charge in [0, 0.05) is 35.4 Å². The molecular weight excluding hydrogens is 465 g/mol. The van der Waals surface area contributed by atoms with Gasteiger partial charge in [-0.3, -0.25) is 4.79 Å². The van der Waals surface area contributed by atoms with Gasteiger partial charge in [0.25, 0.3) is 5.91 Å². The highest BCUT2D eigenvalue weighted by molar-refractivity contribution is 6.05. The molecule has 0 saturated carbocycles. The van der Waals surface area contributed by atoms with Crippen LogP contribution in [0.25, 0.3) is 16.8 Å². The maximum absolute atomic E-state index is 13.7. The van der Waals surface area contributed by atoms with E-state index in [4.69, 9.17) is 0 Å². The monoisotopic (exact) mass is 493 g/mol. The van der Waals surface area contributed by atoms with Crippen molar-refractivity contribution in [3.63, 3.8) is 0 Å². The fraction of sp³-hybridized carbons (Fsp3) is 0.167. The van der Waals surface area contributed by atoms with Crippen LogP contribution in [0.5, 0.6) is 0 Å². The predicted octanol–water partition coefficient (Wildman–Crippen LogP) is 7.14. The van der Waals surface area contributed by atoms with Gasteiger partial charge in [-0.25, -0.2) is 9.97 Å².